The smallest absolute Gasteiger partial charge is 0.321 e. The molecule has 2 N–H and O–H groups in total. The van der Waals surface area contributed by atoms with E-state index in [1.807, 2.05) is 43.0 Å². The highest BCUT2D eigenvalue weighted by atomic mass is 16.3. The fraction of sp³-hybridized carbons (Fsp3) is 0.533. The normalized spacial score (nSPS) is 18.2. The third-order valence-electron chi connectivity index (χ3n) is 3.90. The molecule has 0 saturated carbocycles. The van der Waals surface area contributed by atoms with Gasteiger partial charge in [-0.2, -0.15) is 0 Å². The summed E-state index contributed by atoms with van der Waals surface area (Å²) in [5, 5.41) is 12.5. The Hall–Kier alpha value is -1.55. The SMILES string of the molecule is Cc1ccccc1NC(=O)N1CCC(C(C)O)CC1. The minimum atomic E-state index is -0.276. The third-order valence-corrected chi connectivity index (χ3v) is 3.90. The van der Waals surface area contributed by atoms with Gasteiger partial charge in [-0.3, -0.25) is 0 Å². The van der Waals surface area contributed by atoms with Crippen LogP contribution in [0.2, 0.25) is 0 Å². The molecule has 1 aliphatic heterocycles. The highest BCUT2D eigenvalue weighted by Gasteiger charge is 2.25. The van der Waals surface area contributed by atoms with Crippen molar-refractivity contribution in [2.24, 2.45) is 5.92 Å². The van der Waals surface area contributed by atoms with Crippen molar-refractivity contribution < 1.29 is 9.90 Å². The monoisotopic (exact) mass is 262 g/mol. The Morgan fingerprint density at radius 3 is 2.58 bits per heavy atom. The summed E-state index contributed by atoms with van der Waals surface area (Å²) < 4.78 is 0. The number of aliphatic hydroxyl groups is 1. The first-order chi connectivity index (χ1) is 9.08. The molecule has 4 nitrogen and oxygen atoms in total. The van der Waals surface area contributed by atoms with Crippen molar-refractivity contribution in [3.63, 3.8) is 0 Å². The molecule has 2 amide bonds. The molecule has 1 aromatic carbocycles. The molecule has 0 spiro atoms. The van der Waals surface area contributed by atoms with Crippen molar-refractivity contribution in [1.29, 1.82) is 0 Å². The molecule has 19 heavy (non-hydrogen) atoms. The van der Waals surface area contributed by atoms with Crippen LogP contribution < -0.4 is 5.32 Å². The number of aliphatic hydroxyl groups excluding tert-OH is 1. The van der Waals surface area contributed by atoms with Crippen molar-refractivity contribution in [2.45, 2.75) is 32.8 Å². The van der Waals surface area contributed by atoms with Crippen LogP contribution >= 0.6 is 0 Å². The summed E-state index contributed by atoms with van der Waals surface area (Å²) in [6.45, 7) is 5.24. The summed E-state index contributed by atoms with van der Waals surface area (Å²) >= 11 is 0. The lowest BCUT2D eigenvalue weighted by Crippen LogP contribution is -2.42. The fourth-order valence-electron chi connectivity index (χ4n) is 2.49. The van der Waals surface area contributed by atoms with Gasteiger partial charge in [0.15, 0.2) is 0 Å². The first-order valence-electron chi connectivity index (χ1n) is 6.87. The summed E-state index contributed by atoms with van der Waals surface area (Å²) in [5.41, 5.74) is 1.93. The number of para-hydroxylation sites is 1. The Kier molecular flexibility index (Phi) is 4.43. The third kappa shape index (κ3) is 3.47. The fourth-order valence-corrected chi connectivity index (χ4v) is 2.49. The molecule has 1 atom stereocenters. The Bertz CT molecular complexity index is 438. The second-order valence-electron chi connectivity index (χ2n) is 5.31. The van der Waals surface area contributed by atoms with E-state index < -0.39 is 0 Å². The average molecular weight is 262 g/mol. The largest absolute Gasteiger partial charge is 0.393 e. The summed E-state index contributed by atoms with van der Waals surface area (Å²) in [5.74, 6) is 0.322. The maximum absolute atomic E-state index is 12.1. The number of nitrogens with zero attached hydrogens (tertiary/aromatic N) is 1. The van der Waals surface area contributed by atoms with E-state index in [0.29, 0.717) is 19.0 Å². The number of benzene rings is 1. The predicted molar refractivity (Wildman–Crippen MR) is 76.2 cm³/mol. The summed E-state index contributed by atoms with van der Waals surface area (Å²) in [4.78, 5) is 14.0. The zero-order valence-electron chi connectivity index (χ0n) is 11.6. The van der Waals surface area contributed by atoms with Crippen molar-refractivity contribution in [3.8, 4) is 0 Å². The lowest BCUT2D eigenvalue weighted by atomic mass is 9.92. The standard InChI is InChI=1S/C15H22N2O2/c1-11-5-3-4-6-14(11)16-15(19)17-9-7-13(8-10-17)12(2)18/h3-6,12-13,18H,7-10H2,1-2H3,(H,16,19). The molecule has 1 aliphatic rings. The van der Waals surface area contributed by atoms with Gasteiger partial charge < -0.3 is 15.3 Å². The number of carbonyl (C=O) groups excluding carboxylic acids is 1. The zero-order chi connectivity index (χ0) is 13.8. The van der Waals surface area contributed by atoms with E-state index in [9.17, 15) is 9.90 Å². The zero-order valence-corrected chi connectivity index (χ0v) is 11.6. The number of likely N-dealkylation sites (tertiary alicyclic amines) is 1. The molecule has 104 valence electrons. The van der Waals surface area contributed by atoms with Crippen LogP contribution in [-0.4, -0.2) is 35.2 Å². The number of rotatable bonds is 2. The molecule has 1 heterocycles. The number of nitrogens with one attached hydrogen (secondary N) is 1. The Morgan fingerprint density at radius 1 is 1.37 bits per heavy atom. The number of carbonyl (C=O) groups is 1. The van der Waals surface area contributed by atoms with Gasteiger partial charge in [-0.15, -0.1) is 0 Å². The van der Waals surface area contributed by atoms with E-state index >= 15 is 0 Å². The number of aryl methyl sites for hydroxylation is 1. The van der Waals surface area contributed by atoms with Crippen LogP contribution in [0.4, 0.5) is 10.5 Å². The highest BCUT2D eigenvalue weighted by molar-refractivity contribution is 5.90. The summed E-state index contributed by atoms with van der Waals surface area (Å²) in [6.07, 6.45) is 1.47. The van der Waals surface area contributed by atoms with Gasteiger partial charge in [0.1, 0.15) is 0 Å². The number of urea groups is 1. The number of anilines is 1. The molecule has 1 unspecified atom stereocenters. The van der Waals surface area contributed by atoms with Gasteiger partial charge >= 0.3 is 6.03 Å². The van der Waals surface area contributed by atoms with Crippen molar-refractivity contribution in [1.82, 2.24) is 4.90 Å². The number of hydrogen-bond acceptors (Lipinski definition) is 2. The highest BCUT2D eigenvalue weighted by Crippen LogP contribution is 2.21. The van der Waals surface area contributed by atoms with Gasteiger partial charge in [-0.1, -0.05) is 18.2 Å². The van der Waals surface area contributed by atoms with Gasteiger partial charge in [0.05, 0.1) is 6.10 Å². The van der Waals surface area contributed by atoms with Crippen LogP contribution in [-0.2, 0) is 0 Å². The number of piperidine rings is 1. The van der Waals surface area contributed by atoms with Crippen LogP contribution in [0.1, 0.15) is 25.3 Å². The second-order valence-corrected chi connectivity index (χ2v) is 5.31. The molecule has 0 aromatic heterocycles. The Morgan fingerprint density at radius 2 is 2.00 bits per heavy atom. The van der Waals surface area contributed by atoms with Gasteiger partial charge in [0, 0.05) is 18.8 Å². The summed E-state index contributed by atoms with van der Waals surface area (Å²) in [6, 6.07) is 7.73. The maximum atomic E-state index is 12.1. The quantitative estimate of drug-likeness (QED) is 0.861. The summed E-state index contributed by atoms with van der Waals surface area (Å²) in [7, 11) is 0. The molecule has 2 rings (SSSR count). The first kappa shape index (κ1) is 13.9. The maximum Gasteiger partial charge on any atom is 0.321 e. The van der Waals surface area contributed by atoms with Gasteiger partial charge in [-0.25, -0.2) is 4.79 Å². The lowest BCUT2D eigenvalue weighted by Gasteiger charge is -2.33. The first-order valence-corrected chi connectivity index (χ1v) is 6.87. The number of amides is 2. The van der Waals surface area contributed by atoms with Crippen LogP contribution in [0.15, 0.2) is 24.3 Å². The molecule has 1 saturated heterocycles. The Labute approximate surface area is 114 Å². The number of hydrogen-bond donors (Lipinski definition) is 2. The molecule has 1 aromatic rings. The second kappa shape index (κ2) is 6.06. The molecule has 0 radical (unpaired) electrons. The molecule has 0 bridgehead atoms. The van der Waals surface area contributed by atoms with Crippen LogP contribution in [0.5, 0.6) is 0 Å². The van der Waals surface area contributed by atoms with Gasteiger partial charge in [0.2, 0.25) is 0 Å². The molecule has 4 heteroatoms. The minimum Gasteiger partial charge on any atom is -0.393 e. The van der Waals surface area contributed by atoms with Gasteiger partial charge in [-0.05, 0) is 44.2 Å². The topological polar surface area (TPSA) is 52.6 Å². The van der Waals surface area contributed by atoms with E-state index in [1.54, 1.807) is 0 Å². The van der Waals surface area contributed by atoms with Gasteiger partial charge in [0.25, 0.3) is 0 Å². The molecular formula is C15H22N2O2. The Balaban J connectivity index is 1.90. The van der Waals surface area contributed by atoms with Crippen molar-refractivity contribution >= 4 is 11.7 Å². The van der Waals surface area contributed by atoms with E-state index in [2.05, 4.69) is 5.32 Å². The van der Waals surface area contributed by atoms with Crippen LogP contribution in [0.3, 0.4) is 0 Å². The molecule has 0 aliphatic carbocycles. The van der Waals surface area contributed by atoms with Crippen LogP contribution in [0, 0.1) is 12.8 Å². The minimum absolute atomic E-state index is 0.0432. The average Bonchev–Trinajstić information content (AvgIpc) is 2.41. The molecular weight excluding hydrogens is 240 g/mol. The van der Waals surface area contributed by atoms with Crippen LogP contribution in [0.25, 0.3) is 0 Å². The van der Waals surface area contributed by atoms with E-state index in [1.165, 1.54) is 0 Å². The lowest BCUT2D eigenvalue weighted by molar-refractivity contribution is 0.0820. The van der Waals surface area contributed by atoms with E-state index in [0.717, 1.165) is 24.1 Å². The molecule has 1 fully saturated rings. The van der Waals surface area contributed by atoms with E-state index in [4.69, 9.17) is 0 Å². The van der Waals surface area contributed by atoms with Crippen molar-refractivity contribution in [3.05, 3.63) is 29.8 Å². The van der Waals surface area contributed by atoms with E-state index in [-0.39, 0.29) is 12.1 Å². The predicted octanol–water partition coefficient (Wildman–Crippen LogP) is 2.62. The van der Waals surface area contributed by atoms with Crippen molar-refractivity contribution in [2.75, 3.05) is 18.4 Å².